The first kappa shape index (κ1) is 15.6. The molecule has 0 bridgehead atoms. The summed E-state index contributed by atoms with van der Waals surface area (Å²) >= 11 is 2.07. The predicted octanol–water partition coefficient (Wildman–Crippen LogP) is 3.95. The van der Waals surface area contributed by atoms with Crippen molar-refractivity contribution in [1.82, 2.24) is 0 Å². The van der Waals surface area contributed by atoms with Gasteiger partial charge in [-0.05, 0) is 71.1 Å². The highest BCUT2D eigenvalue weighted by Crippen LogP contribution is 2.33. The van der Waals surface area contributed by atoms with E-state index in [1.165, 1.54) is 0 Å². The van der Waals surface area contributed by atoms with Crippen molar-refractivity contribution >= 4 is 42.3 Å². The van der Waals surface area contributed by atoms with E-state index in [0.29, 0.717) is 16.7 Å². The summed E-state index contributed by atoms with van der Waals surface area (Å²) in [4.78, 5) is 2.81. The third kappa shape index (κ3) is 2.90. The van der Waals surface area contributed by atoms with Crippen molar-refractivity contribution < 1.29 is 8.42 Å². The number of benzene rings is 1. The van der Waals surface area contributed by atoms with Crippen LogP contribution in [-0.2, 0) is 15.6 Å². The number of nitrogens with zero attached hydrogens (tertiary/aromatic N) is 3. The van der Waals surface area contributed by atoms with Gasteiger partial charge in [-0.15, -0.1) is 0 Å². The van der Waals surface area contributed by atoms with Crippen LogP contribution >= 0.6 is 33.3 Å². The third-order valence-electron chi connectivity index (χ3n) is 2.78. The van der Waals surface area contributed by atoms with Crippen LogP contribution in [0, 0.1) is 24.3 Å². The van der Waals surface area contributed by atoms with E-state index < -0.39 is 9.05 Å². The van der Waals surface area contributed by atoms with E-state index >= 15 is 0 Å². The van der Waals surface area contributed by atoms with Crippen LogP contribution < -0.4 is 0 Å². The molecule has 0 aliphatic rings. The Morgan fingerprint density at radius 3 is 2.28 bits per heavy atom. The minimum Gasteiger partial charge on any atom is -0.207 e. The fraction of sp³-hybridized carbons (Fsp3) is 0.400. The van der Waals surface area contributed by atoms with E-state index in [1.807, 2.05) is 6.92 Å². The summed E-state index contributed by atoms with van der Waals surface area (Å²) in [7, 11) is 1.65. The fourth-order valence-electron chi connectivity index (χ4n) is 1.92. The van der Waals surface area contributed by atoms with Gasteiger partial charge in [-0.25, -0.2) is 8.42 Å². The standard InChI is InChI=1S/C10H11ClIN3O2S/c1-5-8(4-14-15-13)6(2)10(18(11,16)17)7(3)9(5)12/h4H2,1-3H3. The van der Waals surface area contributed by atoms with E-state index in [2.05, 4.69) is 32.6 Å². The molecule has 8 heteroatoms. The molecule has 0 N–H and O–H groups in total. The molecule has 0 fully saturated rings. The number of hydrogen-bond donors (Lipinski definition) is 0. The molecule has 0 atom stereocenters. The van der Waals surface area contributed by atoms with Gasteiger partial charge in [0.25, 0.3) is 9.05 Å². The molecule has 1 aromatic carbocycles. The van der Waals surface area contributed by atoms with E-state index in [1.54, 1.807) is 13.8 Å². The molecule has 0 unspecified atom stereocenters. The van der Waals surface area contributed by atoms with Gasteiger partial charge in [-0.3, -0.25) is 0 Å². The number of hydrogen-bond acceptors (Lipinski definition) is 3. The quantitative estimate of drug-likeness (QED) is 0.253. The molecule has 0 aliphatic heterocycles. The highest BCUT2D eigenvalue weighted by Gasteiger charge is 2.23. The van der Waals surface area contributed by atoms with E-state index in [-0.39, 0.29) is 11.4 Å². The zero-order valence-electron chi connectivity index (χ0n) is 10.0. The van der Waals surface area contributed by atoms with Crippen LogP contribution in [0.4, 0.5) is 0 Å². The summed E-state index contributed by atoms with van der Waals surface area (Å²) < 4.78 is 24.1. The molecule has 98 valence electrons. The lowest BCUT2D eigenvalue weighted by atomic mass is 10.00. The van der Waals surface area contributed by atoms with E-state index in [0.717, 1.165) is 9.13 Å². The average molecular weight is 400 g/mol. The highest BCUT2D eigenvalue weighted by atomic mass is 127. The zero-order chi connectivity index (χ0) is 14.1. The summed E-state index contributed by atoms with van der Waals surface area (Å²) in [5.41, 5.74) is 11.2. The van der Waals surface area contributed by atoms with Crippen molar-refractivity contribution in [2.75, 3.05) is 0 Å². The second-order valence-corrected chi connectivity index (χ2v) is 7.41. The zero-order valence-corrected chi connectivity index (χ0v) is 13.8. The molecule has 0 aromatic heterocycles. The van der Waals surface area contributed by atoms with Crippen molar-refractivity contribution in [2.45, 2.75) is 32.2 Å². The number of rotatable bonds is 3. The van der Waals surface area contributed by atoms with Gasteiger partial charge in [-0.2, -0.15) is 0 Å². The van der Waals surface area contributed by atoms with Crippen LogP contribution in [0.3, 0.4) is 0 Å². The Kier molecular flexibility index (Phi) is 4.88. The van der Waals surface area contributed by atoms with Gasteiger partial charge < -0.3 is 0 Å². The second kappa shape index (κ2) is 5.64. The molecule has 0 saturated heterocycles. The number of azide groups is 1. The maximum atomic E-state index is 11.6. The Bertz CT molecular complexity index is 652. The van der Waals surface area contributed by atoms with Gasteiger partial charge in [0.2, 0.25) is 0 Å². The van der Waals surface area contributed by atoms with Crippen molar-refractivity contribution in [2.24, 2.45) is 5.11 Å². The summed E-state index contributed by atoms with van der Waals surface area (Å²) in [6.45, 7) is 5.38. The van der Waals surface area contributed by atoms with Crippen LogP contribution in [0.1, 0.15) is 22.3 Å². The molecule has 1 rings (SSSR count). The van der Waals surface area contributed by atoms with Crippen LogP contribution in [0.2, 0.25) is 0 Å². The maximum absolute atomic E-state index is 11.6. The largest absolute Gasteiger partial charge is 0.261 e. The number of halogens is 2. The molecule has 0 heterocycles. The predicted molar refractivity (Wildman–Crippen MR) is 79.3 cm³/mol. The molecule has 0 amide bonds. The topological polar surface area (TPSA) is 82.9 Å². The van der Waals surface area contributed by atoms with Crippen molar-refractivity contribution in [3.05, 3.63) is 36.3 Å². The lowest BCUT2D eigenvalue weighted by molar-refractivity contribution is 0.608. The SMILES string of the molecule is Cc1c(I)c(C)c(S(=O)(=O)Cl)c(C)c1CN=[N+]=[N-]. The first-order valence-electron chi connectivity index (χ1n) is 4.95. The summed E-state index contributed by atoms with van der Waals surface area (Å²) in [5, 5.41) is 3.50. The Hall–Kier alpha value is -0.500. The molecule has 0 saturated carbocycles. The Balaban J connectivity index is 3.76. The maximum Gasteiger partial charge on any atom is 0.261 e. The summed E-state index contributed by atoms with van der Waals surface area (Å²) in [6.07, 6.45) is 0. The van der Waals surface area contributed by atoms with Crippen LogP contribution in [0.25, 0.3) is 10.4 Å². The Labute approximate surface area is 124 Å². The molecular formula is C10H11ClIN3O2S. The van der Waals surface area contributed by atoms with Crippen LogP contribution in [0.15, 0.2) is 10.0 Å². The van der Waals surface area contributed by atoms with E-state index in [4.69, 9.17) is 16.2 Å². The molecular weight excluding hydrogens is 389 g/mol. The molecule has 5 nitrogen and oxygen atoms in total. The highest BCUT2D eigenvalue weighted by molar-refractivity contribution is 14.1. The monoisotopic (exact) mass is 399 g/mol. The van der Waals surface area contributed by atoms with Crippen LogP contribution in [0.5, 0.6) is 0 Å². The lowest BCUT2D eigenvalue weighted by Crippen LogP contribution is -2.07. The van der Waals surface area contributed by atoms with Gasteiger partial charge in [0, 0.05) is 19.2 Å². The van der Waals surface area contributed by atoms with Gasteiger partial charge in [0.1, 0.15) is 0 Å². The van der Waals surface area contributed by atoms with Gasteiger partial charge in [0.15, 0.2) is 0 Å². The molecule has 1 aromatic rings. The first-order chi connectivity index (χ1) is 8.21. The van der Waals surface area contributed by atoms with Gasteiger partial charge >= 0.3 is 0 Å². The second-order valence-electron chi connectivity index (χ2n) is 3.82. The average Bonchev–Trinajstić information content (AvgIpc) is 2.24. The normalized spacial score (nSPS) is 11.2. The molecule has 0 spiro atoms. The van der Waals surface area contributed by atoms with Gasteiger partial charge in [-0.1, -0.05) is 5.11 Å². The van der Waals surface area contributed by atoms with Crippen molar-refractivity contribution in [3.8, 4) is 0 Å². The minimum absolute atomic E-state index is 0.113. The first-order valence-corrected chi connectivity index (χ1v) is 8.34. The van der Waals surface area contributed by atoms with Crippen molar-refractivity contribution in [3.63, 3.8) is 0 Å². The minimum atomic E-state index is -3.82. The fourth-order valence-corrected chi connectivity index (χ4v) is 4.35. The summed E-state index contributed by atoms with van der Waals surface area (Å²) in [6, 6.07) is 0. The molecule has 0 aliphatic carbocycles. The lowest BCUT2D eigenvalue weighted by Gasteiger charge is -2.16. The molecule has 18 heavy (non-hydrogen) atoms. The summed E-state index contributed by atoms with van der Waals surface area (Å²) in [5.74, 6) is 0. The Morgan fingerprint density at radius 2 is 1.83 bits per heavy atom. The van der Waals surface area contributed by atoms with Crippen molar-refractivity contribution in [1.29, 1.82) is 0 Å². The van der Waals surface area contributed by atoms with E-state index in [9.17, 15) is 8.42 Å². The van der Waals surface area contributed by atoms with Gasteiger partial charge in [0.05, 0.1) is 11.4 Å². The Morgan fingerprint density at radius 1 is 1.28 bits per heavy atom. The third-order valence-corrected chi connectivity index (χ3v) is 5.96. The van der Waals surface area contributed by atoms with Crippen LogP contribution in [-0.4, -0.2) is 8.42 Å². The molecule has 0 radical (unpaired) electrons. The smallest absolute Gasteiger partial charge is 0.207 e.